The molecule has 0 saturated carbocycles. The number of nitrogens with zero attached hydrogens (tertiary/aromatic N) is 1. The normalized spacial score (nSPS) is 26.4. The molecular formula is C16H23FN2O4S2. The van der Waals surface area contributed by atoms with Crippen LogP contribution in [0.2, 0.25) is 0 Å². The molecule has 0 amide bonds. The molecule has 2 heterocycles. The molecule has 1 N–H and O–H groups in total. The van der Waals surface area contributed by atoms with Gasteiger partial charge in [0.15, 0.2) is 0 Å². The lowest BCUT2D eigenvalue weighted by Gasteiger charge is -2.38. The molecule has 2 unspecified atom stereocenters. The molecule has 0 bridgehead atoms. The number of hydrogen-bond acceptors (Lipinski definition) is 5. The second kappa shape index (κ2) is 7.30. The highest BCUT2D eigenvalue weighted by Gasteiger charge is 2.34. The Morgan fingerprint density at radius 1 is 1.04 bits per heavy atom. The molecule has 1 aromatic rings. The maximum Gasteiger partial charge on any atom is 0.332 e. The van der Waals surface area contributed by atoms with Crippen LogP contribution in [0, 0.1) is 11.8 Å². The summed E-state index contributed by atoms with van der Waals surface area (Å²) in [6.07, 6.45) is 3.98. The van der Waals surface area contributed by atoms with E-state index in [-0.39, 0.29) is 4.90 Å². The van der Waals surface area contributed by atoms with Crippen molar-refractivity contribution < 1.29 is 20.7 Å². The predicted molar refractivity (Wildman–Crippen MR) is 91.8 cm³/mol. The van der Waals surface area contributed by atoms with Crippen LogP contribution in [0.15, 0.2) is 34.1 Å². The van der Waals surface area contributed by atoms with Crippen molar-refractivity contribution in [1.82, 2.24) is 9.62 Å². The first-order chi connectivity index (χ1) is 11.8. The van der Waals surface area contributed by atoms with E-state index in [0.717, 1.165) is 50.9 Å². The number of piperidine rings is 2. The fraction of sp³-hybridized carbons (Fsp3) is 0.625. The SMILES string of the molecule is O=S(=O)(F)c1cccc(S(=O)(=O)N2CCCC(C3CCCNC3)C2)c1. The largest absolute Gasteiger partial charge is 0.332 e. The smallest absolute Gasteiger partial charge is 0.316 e. The van der Waals surface area contributed by atoms with Crippen molar-refractivity contribution in [2.75, 3.05) is 26.2 Å². The van der Waals surface area contributed by atoms with Crippen LogP contribution in [-0.2, 0) is 20.2 Å². The molecule has 0 spiro atoms. The number of rotatable bonds is 4. The zero-order valence-corrected chi connectivity index (χ0v) is 15.5. The van der Waals surface area contributed by atoms with Crippen LogP contribution in [0.3, 0.4) is 0 Å². The second-order valence-electron chi connectivity index (χ2n) is 6.78. The fourth-order valence-electron chi connectivity index (χ4n) is 3.79. The summed E-state index contributed by atoms with van der Waals surface area (Å²) in [5, 5.41) is 3.37. The van der Waals surface area contributed by atoms with Crippen molar-refractivity contribution in [3.63, 3.8) is 0 Å². The number of benzene rings is 1. The molecule has 2 aliphatic rings. The summed E-state index contributed by atoms with van der Waals surface area (Å²) in [4.78, 5) is -0.799. The molecule has 3 rings (SSSR count). The van der Waals surface area contributed by atoms with E-state index in [0.29, 0.717) is 24.9 Å². The Bertz CT molecular complexity index is 820. The van der Waals surface area contributed by atoms with E-state index in [4.69, 9.17) is 0 Å². The van der Waals surface area contributed by atoms with E-state index in [1.165, 1.54) is 16.4 Å². The molecule has 2 saturated heterocycles. The van der Waals surface area contributed by atoms with Crippen LogP contribution < -0.4 is 5.32 Å². The van der Waals surface area contributed by atoms with Crippen molar-refractivity contribution in [2.24, 2.45) is 11.8 Å². The average molecular weight is 391 g/mol. The highest BCUT2D eigenvalue weighted by Crippen LogP contribution is 2.31. The predicted octanol–water partition coefficient (Wildman–Crippen LogP) is 1.75. The molecule has 25 heavy (non-hydrogen) atoms. The van der Waals surface area contributed by atoms with Gasteiger partial charge in [0.2, 0.25) is 10.0 Å². The third-order valence-electron chi connectivity index (χ3n) is 5.15. The quantitative estimate of drug-likeness (QED) is 0.792. The van der Waals surface area contributed by atoms with Gasteiger partial charge in [-0.25, -0.2) is 8.42 Å². The summed E-state index contributed by atoms with van der Waals surface area (Å²) in [6, 6.07) is 4.53. The number of nitrogens with one attached hydrogen (secondary N) is 1. The minimum Gasteiger partial charge on any atom is -0.316 e. The van der Waals surface area contributed by atoms with E-state index in [1.54, 1.807) is 0 Å². The molecule has 9 heteroatoms. The van der Waals surface area contributed by atoms with Crippen LogP contribution in [0.25, 0.3) is 0 Å². The Balaban J connectivity index is 1.82. The van der Waals surface area contributed by atoms with Gasteiger partial charge in [0, 0.05) is 13.1 Å². The van der Waals surface area contributed by atoms with Crippen molar-refractivity contribution in [3.8, 4) is 0 Å². The molecule has 2 atom stereocenters. The van der Waals surface area contributed by atoms with Gasteiger partial charge in [-0.1, -0.05) is 6.07 Å². The lowest BCUT2D eigenvalue weighted by molar-refractivity contribution is 0.174. The summed E-state index contributed by atoms with van der Waals surface area (Å²) >= 11 is 0. The molecule has 0 aromatic heterocycles. The van der Waals surface area contributed by atoms with Crippen LogP contribution in [0.4, 0.5) is 3.89 Å². The second-order valence-corrected chi connectivity index (χ2v) is 10.1. The van der Waals surface area contributed by atoms with Gasteiger partial charge >= 0.3 is 10.2 Å². The summed E-state index contributed by atoms with van der Waals surface area (Å²) < 4.78 is 62.5. The summed E-state index contributed by atoms with van der Waals surface area (Å²) in [6.45, 7) is 2.76. The molecule has 140 valence electrons. The number of sulfonamides is 1. The van der Waals surface area contributed by atoms with Gasteiger partial charge in [-0.05, 0) is 68.8 Å². The van der Waals surface area contributed by atoms with E-state index >= 15 is 0 Å². The van der Waals surface area contributed by atoms with E-state index in [9.17, 15) is 20.7 Å². The monoisotopic (exact) mass is 390 g/mol. The molecule has 6 nitrogen and oxygen atoms in total. The average Bonchev–Trinajstić information content (AvgIpc) is 2.62. The lowest BCUT2D eigenvalue weighted by atomic mass is 9.82. The summed E-state index contributed by atoms with van der Waals surface area (Å²) in [7, 11) is -8.77. The van der Waals surface area contributed by atoms with Gasteiger partial charge in [0.1, 0.15) is 0 Å². The van der Waals surface area contributed by atoms with E-state index < -0.39 is 25.1 Å². The van der Waals surface area contributed by atoms with E-state index in [2.05, 4.69) is 5.32 Å². The highest BCUT2D eigenvalue weighted by atomic mass is 32.3. The zero-order valence-electron chi connectivity index (χ0n) is 13.9. The van der Waals surface area contributed by atoms with Gasteiger partial charge in [-0.15, -0.1) is 3.89 Å². The van der Waals surface area contributed by atoms with Gasteiger partial charge in [0.25, 0.3) is 0 Å². The minimum atomic E-state index is -4.94. The molecule has 2 aliphatic heterocycles. The summed E-state index contributed by atoms with van der Waals surface area (Å²) in [5.74, 6) is 0.758. The third-order valence-corrected chi connectivity index (χ3v) is 7.83. The Kier molecular flexibility index (Phi) is 5.48. The third kappa shape index (κ3) is 4.21. The van der Waals surface area contributed by atoms with Crippen molar-refractivity contribution >= 4 is 20.2 Å². The number of hydrogen-bond donors (Lipinski definition) is 1. The Hall–Kier alpha value is -1.03. The van der Waals surface area contributed by atoms with Gasteiger partial charge < -0.3 is 5.32 Å². The topological polar surface area (TPSA) is 83.5 Å². The Morgan fingerprint density at radius 2 is 1.76 bits per heavy atom. The zero-order chi connectivity index (χ0) is 18.1. The first-order valence-electron chi connectivity index (χ1n) is 8.54. The maximum absolute atomic E-state index is 13.2. The lowest BCUT2D eigenvalue weighted by Crippen LogP contribution is -2.45. The standard InChI is InChI=1S/C16H23FN2O4S2/c17-24(20,21)15-6-1-7-16(10-15)25(22,23)19-9-3-5-14(12-19)13-4-2-8-18-11-13/h1,6-7,10,13-14,18H,2-5,8-9,11-12H2. The van der Waals surface area contributed by atoms with Crippen molar-refractivity contribution in [1.29, 1.82) is 0 Å². The van der Waals surface area contributed by atoms with Gasteiger partial charge in [-0.3, -0.25) is 0 Å². The minimum absolute atomic E-state index is 0.173. The molecule has 1 aromatic carbocycles. The van der Waals surface area contributed by atoms with Gasteiger partial charge in [0.05, 0.1) is 9.79 Å². The number of halogens is 1. The van der Waals surface area contributed by atoms with Crippen LogP contribution >= 0.6 is 0 Å². The Labute approximate surface area is 148 Å². The van der Waals surface area contributed by atoms with Crippen molar-refractivity contribution in [2.45, 2.75) is 35.5 Å². The van der Waals surface area contributed by atoms with Crippen LogP contribution in [0.1, 0.15) is 25.7 Å². The van der Waals surface area contributed by atoms with Gasteiger partial charge in [-0.2, -0.15) is 12.7 Å². The first kappa shape index (κ1) is 18.8. The first-order valence-corrected chi connectivity index (χ1v) is 11.4. The van der Waals surface area contributed by atoms with E-state index in [1.807, 2.05) is 0 Å². The van der Waals surface area contributed by atoms with Crippen LogP contribution in [0.5, 0.6) is 0 Å². The maximum atomic E-state index is 13.2. The molecule has 0 radical (unpaired) electrons. The molecular weight excluding hydrogens is 367 g/mol. The van der Waals surface area contributed by atoms with Crippen LogP contribution in [-0.4, -0.2) is 47.3 Å². The van der Waals surface area contributed by atoms with Crippen molar-refractivity contribution in [3.05, 3.63) is 24.3 Å². The Morgan fingerprint density at radius 3 is 2.44 bits per heavy atom. The summed E-state index contributed by atoms with van der Waals surface area (Å²) in [5.41, 5.74) is 0. The molecule has 0 aliphatic carbocycles. The fourth-order valence-corrected chi connectivity index (χ4v) is 5.96. The highest BCUT2D eigenvalue weighted by molar-refractivity contribution is 7.89. The molecule has 2 fully saturated rings.